The summed E-state index contributed by atoms with van der Waals surface area (Å²) in [6.45, 7) is 2.04. The van der Waals surface area contributed by atoms with Crippen molar-refractivity contribution in [3.63, 3.8) is 0 Å². The minimum absolute atomic E-state index is 0.170. The van der Waals surface area contributed by atoms with Gasteiger partial charge in [-0.3, -0.25) is 0 Å². The van der Waals surface area contributed by atoms with Crippen molar-refractivity contribution in [2.24, 2.45) is 0 Å². The van der Waals surface area contributed by atoms with E-state index in [4.69, 9.17) is 11.6 Å². The molecule has 0 fully saturated rings. The molecule has 3 aromatic rings. The van der Waals surface area contributed by atoms with Crippen LogP contribution in [0.3, 0.4) is 0 Å². The van der Waals surface area contributed by atoms with Crippen molar-refractivity contribution in [1.29, 1.82) is 0 Å². The van der Waals surface area contributed by atoms with Crippen LogP contribution in [0.4, 0.5) is 0 Å². The summed E-state index contributed by atoms with van der Waals surface area (Å²) in [5.74, 6) is 0. The monoisotopic (exact) mass is 379 g/mol. The van der Waals surface area contributed by atoms with Gasteiger partial charge in [-0.05, 0) is 69.5 Å². The molecule has 0 radical (unpaired) electrons. The molecule has 0 bridgehead atoms. The maximum absolute atomic E-state index is 6.14. The van der Waals surface area contributed by atoms with E-state index in [0.29, 0.717) is 0 Å². The molecule has 1 unspecified atom stereocenters. The second-order valence-electron chi connectivity index (χ2n) is 5.04. The normalized spacial score (nSPS) is 12.8. The topological polar surface area (TPSA) is 12.0 Å². The van der Waals surface area contributed by atoms with Gasteiger partial charge in [0.15, 0.2) is 0 Å². The van der Waals surface area contributed by atoms with E-state index in [9.17, 15) is 0 Å². The van der Waals surface area contributed by atoms with Crippen LogP contribution < -0.4 is 5.32 Å². The number of thiophene rings is 1. The third-order valence-electron chi connectivity index (χ3n) is 3.70. The maximum atomic E-state index is 6.14. The second-order valence-corrected chi connectivity index (χ2v) is 7.18. The lowest BCUT2D eigenvalue weighted by molar-refractivity contribution is 0.698. The molecule has 1 nitrogen and oxygen atoms in total. The minimum atomic E-state index is 0.170. The van der Waals surface area contributed by atoms with Gasteiger partial charge in [0.25, 0.3) is 0 Å². The predicted molar refractivity (Wildman–Crippen MR) is 96.6 cm³/mol. The summed E-state index contributed by atoms with van der Waals surface area (Å²) >= 11 is 11.5. The predicted octanol–water partition coefficient (Wildman–Crippen LogP) is 5.93. The van der Waals surface area contributed by atoms with Gasteiger partial charge in [-0.25, -0.2) is 0 Å². The molecule has 1 N–H and O–H groups in total. The number of rotatable bonds is 3. The Bertz CT molecular complexity index is 797. The standard InChI is InChI=1S/C17H15BrClNS/c1-10-8-11(6-7-15(10)19)16(20-2)13-9-21-17-12(13)4-3-5-14(17)18/h3-9,16,20H,1-2H3. The Labute approximate surface area is 142 Å². The van der Waals surface area contributed by atoms with E-state index in [1.54, 1.807) is 11.3 Å². The van der Waals surface area contributed by atoms with Crippen molar-refractivity contribution in [2.45, 2.75) is 13.0 Å². The van der Waals surface area contributed by atoms with Gasteiger partial charge in [0.1, 0.15) is 0 Å². The van der Waals surface area contributed by atoms with Crippen LogP contribution in [0.25, 0.3) is 10.1 Å². The first-order valence-electron chi connectivity index (χ1n) is 6.70. The summed E-state index contributed by atoms with van der Waals surface area (Å²) in [6.07, 6.45) is 0. The number of aryl methyl sites for hydroxylation is 1. The van der Waals surface area contributed by atoms with E-state index in [0.717, 1.165) is 15.1 Å². The molecule has 108 valence electrons. The SMILES string of the molecule is CNC(c1ccc(Cl)c(C)c1)c1csc2c(Br)cccc12. The molecule has 3 rings (SSSR count). The zero-order valence-corrected chi connectivity index (χ0v) is 14.9. The molecule has 0 saturated carbocycles. The molecule has 0 aliphatic heterocycles. The van der Waals surface area contributed by atoms with Crippen LogP contribution in [0.2, 0.25) is 5.02 Å². The van der Waals surface area contributed by atoms with Crippen LogP contribution in [0.5, 0.6) is 0 Å². The molecule has 0 aliphatic carbocycles. The Morgan fingerprint density at radius 2 is 2.05 bits per heavy atom. The third kappa shape index (κ3) is 2.76. The van der Waals surface area contributed by atoms with Crippen LogP contribution in [0.15, 0.2) is 46.3 Å². The smallest absolute Gasteiger partial charge is 0.0588 e. The molecule has 1 heterocycles. The molecule has 0 aliphatic rings. The quantitative estimate of drug-likeness (QED) is 0.593. The van der Waals surface area contributed by atoms with E-state index in [2.05, 4.69) is 57.0 Å². The van der Waals surface area contributed by atoms with Crippen molar-refractivity contribution >= 4 is 49.0 Å². The summed E-state index contributed by atoms with van der Waals surface area (Å²) in [6, 6.07) is 12.7. The fraction of sp³-hybridized carbons (Fsp3) is 0.176. The van der Waals surface area contributed by atoms with E-state index >= 15 is 0 Å². The Morgan fingerprint density at radius 1 is 1.24 bits per heavy atom. The van der Waals surface area contributed by atoms with Gasteiger partial charge in [0.2, 0.25) is 0 Å². The zero-order valence-electron chi connectivity index (χ0n) is 11.8. The number of benzene rings is 2. The number of nitrogens with one attached hydrogen (secondary N) is 1. The Hall–Kier alpha value is -0.870. The summed E-state index contributed by atoms with van der Waals surface area (Å²) in [5.41, 5.74) is 3.65. The highest BCUT2D eigenvalue weighted by molar-refractivity contribution is 9.10. The van der Waals surface area contributed by atoms with E-state index in [1.165, 1.54) is 21.2 Å². The molecular formula is C17H15BrClNS. The van der Waals surface area contributed by atoms with Crippen molar-refractivity contribution < 1.29 is 0 Å². The maximum Gasteiger partial charge on any atom is 0.0588 e. The Balaban J connectivity index is 2.14. The van der Waals surface area contributed by atoms with Crippen molar-refractivity contribution in [1.82, 2.24) is 5.32 Å². The molecule has 21 heavy (non-hydrogen) atoms. The summed E-state index contributed by atoms with van der Waals surface area (Å²) in [7, 11) is 2.00. The van der Waals surface area contributed by atoms with Crippen molar-refractivity contribution in [2.75, 3.05) is 7.05 Å². The first-order valence-corrected chi connectivity index (χ1v) is 8.76. The largest absolute Gasteiger partial charge is 0.309 e. The number of hydrogen-bond donors (Lipinski definition) is 1. The molecule has 1 aromatic heterocycles. The highest BCUT2D eigenvalue weighted by atomic mass is 79.9. The molecule has 2 aromatic carbocycles. The average molecular weight is 381 g/mol. The molecular weight excluding hydrogens is 366 g/mol. The first kappa shape index (κ1) is 15.0. The molecule has 4 heteroatoms. The molecule has 0 spiro atoms. The lowest BCUT2D eigenvalue weighted by Crippen LogP contribution is -2.17. The third-order valence-corrected chi connectivity index (χ3v) is 6.09. The second kappa shape index (κ2) is 6.09. The highest BCUT2D eigenvalue weighted by Gasteiger charge is 2.17. The number of halogens is 2. The summed E-state index contributed by atoms with van der Waals surface area (Å²) < 4.78 is 2.44. The van der Waals surface area contributed by atoms with Crippen LogP contribution >= 0.6 is 38.9 Å². The van der Waals surface area contributed by atoms with Gasteiger partial charge in [-0.2, -0.15) is 0 Å². The fourth-order valence-electron chi connectivity index (χ4n) is 2.61. The van der Waals surface area contributed by atoms with Gasteiger partial charge in [-0.1, -0.05) is 35.9 Å². The molecule has 0 saturated heterocycles. The van der Waals surface area contributed by atoms with E-state index in [1.807, 2.05) is 20.0 Å². The average Bonchev–Trinajstić information content (AvgIpc) is 2.89. The van der Waals surface area contributed by atoms with Gasteiger partial charge < -0.3 is 5.32 Å². The molecule has 1 atom stereocenters. The van der Waals surface area contributed by atoms with E-state index < -0.39 is 0 Å². The van der Waals surface area contributed by atoms with Crippen molar-refractivity contribution in [3.8, 4) is 0 Å². The van der Waals surface area contributed by atoms with Gasteiger partial charge in [0.05, 0.1) is 6.04 Å². The van der Waals surface area contributed by atoms with Crippen LogP contribution in [-0.2, 0) is 0 Å². The number of fused-ring (bicyclic) bond motifs is 1. The first-order chi connectivity index (χ1) is 10.1. The van der Waals surface area contributed by atoms with Gasteiger partial charge in [0, 0.05) is 14.2 Å². The highest BCUT2D eigenvalue weighted by Crippen LogP contribution is 2.37. The van der Waals surface area contributed by atoms with Gasteiger partial charge >= 0.3 is 0 Å². The van der Waals surface area contributed by atoms with Crippen LogP contribution in [0.1, 0.15) is 22.7 Å². The fourth-order valence-corrected chi connectivity index (χ4v) is 4.38. The molecule has 0 amide bonds. The Morgan fingerprint density at radius 3 is 2.76 bits per heavy atom. The summed E-state index contributed by atoms with van der Waals surface area (Å²) in [4.78, 5) is 0. The van der Waals surface area contributed by atoms with Gasteiger partial charge in [-0.15, -0.1) is 11.3 Å². The van der Waals surface area contributed by atoms with Crippen molar-refractivity contribution in [3.05, 3.63) is 68.0 Å². The zero-order chi connectivity index (χ0) is 15.0. The summed E-state index contributed by atoms with van der Waals surface area (Å²) in [5, 5.41) is 7.77. The number of hydrogen-bond acceptors (Lipinski definition) is 2. The lowest BCUT2D eigenvalue weighted by atomic mass is 9.97. The van der Waals surface area contributed by atoms with E-state index in [-0.39, 0.29) is 6.04 Å². The van der Waals surface area contributed by atoms with Crippen LogP contribution in [0, 0.1) is 6.92 Å². The Kier molecular flexibility index (Phi) is 4.36. The van der Waals surface area contributed by atoms with Crippen LogP contribution in [-0.4, -0.2) is 7.05 Å². The minimum Gasteiger partial charge on any atom is -0.309 e. The lowest BCUT2D eigenvalue weighted by Gasteiger charge is -2.17.